The number of ether oxygens (including phenoxy) is 2. The van der Waals surface area contributed by atoms with E-state index < -0.39 is 27.7 Å². The summed E-state index contributed by atoms with van der Waals surface area (Å²) < 4.78 is 68.4. The lowest BCUT2D eigenvalue weighted by Crippen LogP contribution is -2.36. The summed E-state index contributed by atoms with van der Waals surface area (Å²) in [4.78, 5) is -0.0790. The molecule has 1 aliphatic heterocycles. The average molecular weight is 460 g/mol. The van der Waals surface area contributed by atoms with Gasteiger partial charge < -0.3 is 9.47 Å². The van der Waals surface area contributed by atoms with Crippen LogP contribution in [0.4, 0.5) is 14.5 Å². The molecule has 32 heavy (non-hydrogen) atoms. The molecule has 0 saturated carbocycles. The van der Waals surface area contributed by atoms with Gasteiger partial charge in [0.25, 0.3) is 10.0 Å². The van der Waals surface area contributed by atoms with Gasteiger partial charge in [0.2, 0.25) is 0 Å². The Kier molecular flexibility index (Phi) is 5.81. The molecule has 1 heterocycles. The first-order valence-corrected chi connectivity index (χ1v) is 11.7. The molecule has 168 valence electrons. The quantitative estimate of drug-likeness (QED) is 0.475. The first-order valence-electron chi connectivity index (χ1n) is 10.3. The zero-order chi connectivity index (χ0) is 23.0. The van der Waals surface area contributed by atoms with Crippen molar-refractivity contribution >= 4 is 15.7 Å². The largest absolute Gasteiger partial charge is 0.494 e. The van der Waals surface area contributed by atoms with E-state index in [1.165, 1.54) is 42.5 Å². The Morgan fingerprint density at radius 2 is 1.53 bits per heavy atom. The molecule has 4 rings (SSSR count). The van der Waals surface area contributed by atoms with Crippen LogP contribution >= 0.6 is 0 Å². The lowest BCUT2D eigenvalue weighted by molar-refractivity contribution is 0.317. The first-order chi connectivity index (χ1) is 15.3. The van der Waals surface area contributed by atoms with Gasteiger partial charge in [-0.25, -0.2) is 17.2 Å². The van der Waals surface area contributed by atoms with Gasteiger partial charge in [-0.1, -0.05) is 6.07 Å². The fraction of sp³-hybridized carbons (Fsp3) is 0.250. The van der Waals surface area contributed by atoms with Crippen molar-refractivity contribution in [1.29, 1.82) is 0 Å². The third kappa shape index (κ3) is 3.68. The fourth-order valence-electron chi connectivity index (χ4n) is 4.04. The van der Waals surface area contributed by atoms with Gasteiger partial charge in [0.15, 0.2) is 0 Å². The number of benzene rings is 3. The molecule has 0 aromatic heterocycles. The van der Waals surface area contributed by atoms with Gasteiger partial charge in [0, 0.05) is 11.6 Å². The summed E-state index contributed by atoms with van der Waals surface area (Å²) in [5, 5.41) is 0. The maximum absolute atomic E-state index is 14.2. The number of fused-ring (bicyclic) bond motifs is 3. The second-order valence-corrected chi connectivity index (χ2v) is 9.13. The topological polar surface area (TPSA) is 55.8 Å². The number of rotatable bonds is 6. The van der Waals surface area contributed by atoms with E-state index in [1.807, 2.05) is 6.92 Å². The molecule has 0 amide bonds. The van der Waals surface area contributed by atoms with E-state index in [1.54, 1.807) is 26.0 Å². The first kappa shape index (κ1) is 22.1. The summed E-state index contributed by atoms with van der Waals surface area (Å²) in [6.45, 7) is 5.88. The number of hydrogen-bond acceptors (Lipinski definition) is 4. The highest BCUT2D eigenvalue weighted by Crippen LogP contribution is 2.48. The molecule has 8 heteroatoms. The molecule has 3 aromatic rings. The van der Waals surface area contributed by atoms with Crippen LogP contribution in [0.2, 0.25) is 0 Å². The molecule has 3 aromatic carbocycles. The number of anilines is 1. The van der Waals surface area contributed by atoms with Crippen LogP contribution in [0.3, 0.4) is 0 Å². The van der Waals surface area contributed by atoms with Crippen LogP contribution < -0.4 is 13.8 Å². The van der Waals surface area contributed by atoms with Crippen molar-refractivity contribution in [2.45, 2.75) is 31.7 Å². The Hall–Kier alpha value is -3.13. The SMILES string of the molecule is CCOc1ccc(S(=O)(=O)N2c3cc(F)ccc3-c3ccc(F)cc3[C@H]2C)c(OCC)c1. The van der Waals surface area contributed by atoms with E-state index in [4.69, 9.17) is 9.47 Å². The zero-order valence-electron chi connectivity index (χ0n) is 17.9. The Morgan fingerprint density at radius 3 is 2.22 bits per heavy atom. The minimum atomic E-state index is -4.22. The van der Waals surface area contributed by atoms with E-state index in [9.17, 15) is 17.2 Å². The van der Waals surface area contributed by atoms with Crippen LogP contribution in [-0.2, 0) is 10.0 Å². The minimum absolute atomic E-state index is 0.0790. The summed E-state index contributed by atoms with van der Waals surface area (Å²) in [5.41, 5.74) is 1.86. The van der Waals surface area contributed by atoms with Crippen molar-refractivity contribution in [2.75, 3.05) is 17.5 Å². The molecular weight excluding hydrogens is 436 g/mol. The summed E-state index contributed by atoms with van der Waals surface area (Å²) >= 11 is 0. The van der Waals surface area contributed by atoms with Crippen molar-refractivity contribution in [1.82, 2.24) is 0 Å². The Morgan fingerprint density at radius 1 is 0.875 bits per heavy atom. The van der Waals surface area contributed by atoms with Crippen molar-refractivity contribution in [2.24, 2.45) is 0 Å². The predicted octanol–water partition coefficient (Wildman–Crippen LogP) is 5.70. The van der Waals surface area contributed by atoms with Crippen molar-refractivity contribution in [3.63, 3.8) is 0 Å². The van der Waals surface area contributed by atoms with Crippen LogP contribution in [0, 0.1) is 11.6 Å². The number of hydrogen-bond donors (Lipinski definition) is 0. The smallest absolute Gasteiger partial charge is 0.268 e. The van der Waals surface area contributed by atoms with Gasteiger partial charge in [0.1, 0.15) is 28.0 Å². The molecule has 1 aliphatic rings. The second kappa shape index (κ2) is 8.43. The van der Waals surface area contributed by atoms with Crippen molar-refractivity contribution in [3.05, 3.63) is 71.8 Å². The van der Waals surface area contributed by atoms with Gasteiger partial charge in [0.05, 0.1) is 24.9 Å². The third-order valence-corrected chi connectivity index (χ3v) is 7.29. The highest BCUT2D eigenvalue weighted by Gasteiger charge is 2.38. The van der Waals surface area contributed by atoms with Crippen LogP contribution in [0.5, 0.6) is 11.5 Å². The Labute approximate surface area is 186 Å². The predicted molar refractivity (Wildman–Crippen MR) is 119 cm³/mol. The van der Waals surface area contributed by atoms with Crippen LogP contribution in [0.25, 0.3) is 11.1 Å². The van der Waals surface area contributed by atoms with Crippen LogP contribution in [0.15, 0.2) is 59.5 Å². The Balaban J connectivity index is 1.94. The zero-order valence-corrected chi connectivity index (χ0v) is 18.7. The van der Waals surface area contributed by atoms with Gasteiger partial charge in [-0.05, 0) is 74.4 Å². The molecule has 1 atom stereocenters. The lowest BCUT2D eigenvalue weighted by Gasteiger charge is -2.37. The van der Waals surface area contributed by atoms with E-state index in [0.717, 1.165) is 4.31 Å². The van der Waals surface area contributed by atoms with E-state index in [-0.39, 0.29) is 22.9 Å². The molecule has 0 N–H and O–H groups in total. The highest BCUT2D eigenvalue weighted by atomic mass is 32.2. The molecule has 0 aliphatic carbocycles. The summed E-state index contributed by atoms with van der Waals surface area (Å²) in [5.74, 6) is -0.442. The number of halogens is 2. The molecular formula is C24H23F2NO4S. The molecule has 0 fully saturated rings. The standard InChI is InChI=1S/C24H23F2NO4S/c1-4-30-18-8-11-24(23(14-18)31-5-2)32(28,29)27-15(3)21-12-16(25)6-9-19(21)20-10-7-17(26)13-22(20)27/h6-15H,4-5H2,1-3H3/t15-/m1/s1. The monoisotopic (exact) mass is 459 g/mol. The normalized spacial score (nSPS) is 15.2. The van der Waals surface area contributed by atoms with E-state index in [2.05, 4.69) is 0 Å². The summed E-state index contributed by atoms with van der Waals surface area (Å²) in [6.07, 6.45) is 0. The third-order valence-electron chi connectivity index (χ3n) is 5.37. The van der Waals surface area contributed by atoms with Crippen molar-refractivity contribution in [3.8, 4) is 22.6 Å². The summed E-state index contributed by atoms with van der Waals surface area (Å²) in [7, 11) is -4.22. The average Bonchev–Trinajstić information content (AvgIpc) is 2.74. The van der Waals surface area contributed by atoms with Gasteiger partial charge >= 0.3 is 0 Å². The van der Waals surface area contributed by atoms with Gasteiger partial charge in [-0.3, -0.25) is 4.31 Å². The maximum atomic E-state index is 14.2. The van der Waals surface area contributed by atoms with Crippen LogP contribution in [-0.4, -0.2) is 21.6 Å². The van der Waals surface area contributed by atoms with Gasteiger partial charge in [-0.2, -0.15) is 0 Å². The fourth-order valence-corrected chi connectivity index (χ4v) is 5.81. The molecule has 0 unspecified atom stereocenters. The number of nitrogens with zero attached hydrogens (tertiary/aromatic N) is 1. The summed E-state index contributed by atoms with van der Waals surface area (Å²) in [6, 6.07) is 11.9. The van der Waals surface area contributed by atoms with Gasteiger partial charge in [-0.15, -0.1) is 0 Å². The molecule has 0 radical (unpaired) electrons. The Bertz CT molecular complexity index is 1280. The van der Waals surface area contributed by atoms with Crippen molar-refractivity contribution < 1.29 is 26.7 Å². The molecule has 0 bridgehead atoms. The number of sulfonamides is 1. The molecule has 5 nitrogen and oxygen atoms in total. The molecule has 0 spiro atoms. The lowest BCUT2D eigenvalue weighted by atomic mass is 9.90. The minimum Gasteiger partial charge on any atom is -0.494 e. The van der Waals surface area contributed by atoms with E-state index >= 15 is 0 Å². The van der Waals surface area contributed by atoms with E-state index in [0.29, 0.717) is 29.0 Å². The second-order valence-electron chi connectivity index (χ2n) is 7.34. The highest BCUT2D eigenvalue weighted by molar-refractivity contribution is 7.93. The molecule has 0 saturated heterocycles. The maximum Gasteiger partial charge on any atom is 0.268 e. The van der Waals surface area contributed by atoms with Crippen LogP contribution in [0.1, 0.15) is 32.4 Å².